The second kappa shape index (κ2) is 8.33. The zero-order chi connectivity index (χ0) is 18.3. The van der Waals surface area contributed by atoms with Crippen molar-refractivity contribution in [2.45, 2.75) is 26.3 Å². The minimum Gasteiger partial charge on any atom is -0.497 e. The van der Waals surface area contributed by atoms with Crippen molar-refractivity contribution < 1.29 is 23.9 Å². The molecule has 0 saturated heterocycles. The van der Waals surface area contributed by atoms with Crippen molar-refractivity contribution >= 4 is 17.8 Å². The van der Waals surface area contributed by atoms with Crippen LogP contribution in [0.1, 0.15) is 31.1 Å². The van der Waals surface area contributed by atoms with Gasteiger partial charge in [-0.05, 0) is 39.0 Å². The number of carbonyl (C=O) groups excluding carboxylic acids is 3. The summed E-state index contributed by atoms with van der Waals surface area (Å²) in [4.78, 5) is 36.9. The second-order valence-electron chi connectivity index (χ2n) is 6.36. The van der Waals surface area contributed by atoms with Crippen molar-refractivity contribution in [2.24, 2.45) is 0 Å². The Hall–Kier alpha value is -2.57. The minimum absolute atomic E-state index is 0.104. The van der Waals surface area contributed by atoms with Crippen LogP contribution in [0.15, 0.2) is 24.3 Å². The van der Waals surface area contributed by atoms with E-state index in [1.165, 1.54) is 25.1 Å². The molecule has 0 aliphatic heterocycles. The summed E-state index contributed by atoms with van der Waals surface area (Å²) >= 11 is 0. The summed E-state index contributed by atoms with van der Waals surface area (Å²) in [5, 5.41) is 2.75. The molecule has 0 unspecified atom stereocenters. The van der Waals surface area contributed by atoms with Crippen LogP contribution < -0.4 is 10.1 Å². The zero-order valence-electron chi connectivity index (χ0n) is 14.7. The third-order valence-corrected chi connectivity index (χ3v) is 2.95. The van der Waals surface area contributed by atoms with Gasteiger partial charge in [-0.25, -0.2) is 4.79 Å². The van der Waals surface area contributed by atoms with Gasteiger partial charge >= 0.3 is 5.97 Å². The maximum atomic E-state index is 11.9. The average Bonchev–Trinajstić information content (AvgIpc) is 2.50. The van der Waals surface area contributed by atoms with Gasteiger partial charge in [-0.3, -0.25) is 9.59 Å². The second-order valence-corrected chi connectivity index (χ2v) is 6.36. The molecule has 0 radical (unpaired) electrons. The molecule has 132 valence electrons. The lowest BCUT2D eigenvalue weighted by Gasteiger charge is -2.23. The van der Waals surface area contributed by atoms with E-state index < -0.39 is 18.5 Å². The SMILES string of the molecule is COc1cccc(C(=O)OCC(=O)N(C)CC(=O)NC(C)(C)C)c1. The Bertz CT molecular complexity index is 607. The zero-order valence-corrected chi connectivity index (χ0v) is 14.7. The molecule has 7 heteroatoms. The Kier molecular flexibility index (Phi) is 6.76. The van der Waals surface area contributed by atoms with Gasteiger partial charge in [-0.15, -0.1) is 0 Å². The van der Waals surface area contributed by atoms with Crippen LogP contribution in [-0.4, -0.2) is 55.5 Å². The first kappa shape index (κ1) is 19.5. The largest absolute Gasteiger partial charge is 0.497 e. The average molecular weight is 336 g/mol. The fourth-order valence-electron chi connectivity index (χ4n) is 1.83. The van der Waals surface area contributed by atoms with Crippen molar-refractivity contribution in [3.8, 4) is 5.75 Å². The molecule has 0 spiro atoms. The summed E-state index contributed by atoms with van der Waals surface area (Å²) in [7, 11) is 2.97. The van der Waals surface area contributed by atoms with Crippen LogP contribution in [0, 0.1) is 0 Å². The summed E-state index contributed by atoms with van der Waals surface area (Å²) in [6.45, 7) is 5.01. The number of nitrogens with zero attached hydrogens (tertiary/aromatic N) is 1. The fraction of sp³-hybridized carbons (Fsp3) is 0.471. The lowest BCUT2D eigenvalue weighted by molar-refractivity contribution is -0.137. The summed E-state index contributed by atoms with van der Waals surface area (Å²) in [5.41, 5.74) is -0.0879. The number of rotatable bonds is 6. The van der Waals surface area contributed by atoms with Crippen LogP contribution in [-0.2, 0) is 14.3 Å². The highest BCUT2D eigenvalue weighted by Gasteiger charge is 2.19. The van der Waals surface area contributed by atoms with Gasteiger partial charge in [0.15, 0.2) is 6.61 Å². The molecule has 2 amide bonds. The maximum Gasteiger partial charge on any atom is 0.338 e. The quantitative estimate of drug-likeness (QED) is 0.790. The van der Waals surface area contributed by atoms with E-state index >= 15 is 0 Å². The molecule has 0 atom stereocenters. The van der Waals surface area contributed by atoms with Crippen molar-refractivity contribution in [2.75, 3.05) is 27.3 Å². The van der Waals surface area contributed by atoms with Crippen LogP contribution in [0.2, 0.25) is 0 Å². The van der Waals surface area contributed by atoms with Gasteiger partial charge in [0.2, 0.25) is 5.91 Å². The maximum absolute atomic E-state index is 11.9. The van der Waals surface area contributed by atoms with Gasteiger partial charge in [0, 0.05) is 12.6 Å². The molecule has 1 aromatic carbocycles. The first-order valence-corrected chi connectivity index (χ1v) is 7.48. The Morgan fingerprint density at radius 3 is 2.46 bits per heavy atom. The Labute approximate surface area is 141 Å². The molecule has 1 aromatic rings. The summed E-state index contributed by atoms with van der Waals surface area (Å²) in [6.07, 6.45) is 0. The van der Waals surface area contributed by atoms with E-state index in [1.54, 1.807) is 18.2 Å². The fourth-order valence-corrected chi connectivity index (χ4v) is 1.83. The highest BCUT2D eigenvalue weighted by molar-refractivity contribution is 5.92. The number of esters is 1. The highest BCUT2D eigenvalue weighted by atomic mass is 16.5. The molecule has 0 aliphatic carbocycles. The number of methoxy groups -OCH3 is 1. The number of hydrogen-bond donors (Lipinski definition) is 1. The van der Waals surface area contributed by atoms with Crippen LogP contribution in [0.3, 0.4) is 0 Å². The van der Waals surface area contributed by atoms with Gasteiger partial charge < -0.3 is 19.7 Å². The van der Waals surface area contributed by atoms with E-state index in [0.29, 0.717) is 5.75 Å². The first-order valence-electron chi connectivity index (χ1n) is 7.48. The van der Waals surface area contributed by atoms with E-state index in [4.69, 9.17) is 9.47 Å². The summed E-state index contributed by atoms with van der Waals surface area (Å²) in [6, 6.07) is 6.44. The number of hydrogen-bond acceptors (Lipinski definition) is 5. The van der Waals surface area contributed by atoms with Crippen LogP contribution in [0.5, 0.6) is 5.75 Å². The number of benzene rings is 1. The predicted octanol–water partition coefficient (Wildman–Crippen LogP) is 1.23. The molecule has 0 aliphatic rings. The van der Waals surface area contributed by atoms with E-state index in [9.17, 15) is 14.4 Å². The number of amides is 2. The standard InChI is InChI=1S/C17H24N2O5/c1-17(2,3)18-14(20)10-19(4)15(21)11-24-16(22)12-7-6-8-13(9-12)23-5/h6-9H,10-11H2,1-5H3,(H,18,20). The molecule has 0 aromatic heterocycles. The van der Waals surface area contributed by atoms with E-state index in [0.717, 1.165) is 0 Å². The lowest BCUT2D eigenvalue weighted by atomic mass is 10.1. The molecule has 24 heavy (non-hydrogen) atoms. The van der Waals surface area contributed by atoms with Gasteiger partial charge in [-0.1, -0.05) is 6.07 Å². The van der Waals surface area contributed by atoms with E-state index in [1.807, 2.05) is 20.8 Å². The topological polar surface area (TPSA) is 84.9 Å². The Morgan fingerprint density at radius 2 is 1.88 bits per heavy atom. The third-order valence-electron chi connectivity index (χ3n) is 2.95. The van der Waals surface area contributed by atoms with Crippen LogP contribution in [0.25, 0.3) is 0 Å². The van der Waals surface area contributed by atoms with Crippen molar-refractivity contribution in [3.63, 3.8) is 0 Å². The normalized spacial score (nSPS) is 10.7. The lowest BCUT2D eigenvalue weighted by Crippen LogP contribution is -2.46. The monoisotopic (exact) mass is 336 g/mol. The van der Waals surface area contributed by atoms with Gasteiger partial charge in [-0.2, -0.15) is 0 Å². The molecule has 0 heterocycles. The van der Waals surface area contributed by atoms with Crippen molar-refractivity contribution in [3.05, 3.63) is 29.8 Å². The Morgan fingerprint density at radius 1 is 1.21 bits per heavy atom. The van der Waals surface area contributed by atoms with Crippen molar-refractivity contribution in [1.82, 2.24) is 10.2 Å². The van der Waals surface area contributed by atoms with Gasteiger partial charge in [0.25, 0.3) is 5.91 Å². The van der Waals surface area contributed by atoms with Crippen LogP contribution >= 0.6 is 0 Å². The molecular formula is C17H24N2O5. The van der Waals surface area contributed by atoms with E-state index in [2.05, 4.69) is 5.32 Å². The Balaban J connectivity index is 2.49. The smallest absolute Gasteiger partial charge is 0.338 e. The van der Waals surface area contributed by atoms with Crippen LogP contribution in [0.4, 0.5) is 0 Å². The van der Waals surface area contributed by atoms with Gasteiger partial charge in [0.1, 0.15) is 5.75 Å². The molecule has 1 rings (SSSR count). The number of likely N-dealkylation sites (N-methyl/N-ethyl adjacent to an activating group) is 1. The molecular weight excluding hydrogens is 312 g/mol. The summed E-state index contributed by atoms with van der Waals surface area (Å²) in [5.74, 6) is -0.852. The third kappa shape index (κ3) is 6.68. The molecule has 7 nitrogen and oxygen atoms in total. The molecule has 0 saturated carbocycles. The first-order chi connectivity index (χ1) is 11.1. The van der Waals surface area contributed by atoms with Gasteiger partial charge in [0.05, 0.1) is 19.2 Å². The highest BCUT2D eigenvalue weighted by Crippen LogP contribution is 2.13. The predicted molar refractivity (Wildman–Crippen MR) is 88.8 cm³/mol. The van der Waals surface area contributed by atoms with Crippen molar-refractivity contribution in [1.29, 1.82) is 0 Å². The molecule has 0 fully saturated rings. The van der Waals surface area contributed by atoms with E-state index in [-0.39, 0.29) is 23.6 Å². The number of ether oxygens (including phenoxy) is 2. The number of carbonyl (C=O) groups is 3. The number of nitrogens with one attached hydrogen (secondary N) is 1. The molecule has 1 N–H and O–H groups in total. The minimum atomic E-state index is -0.630. The summed E-state index contributed by atoms with van der Waals surface area (Å²) < 4.78 is 10.0. The molecule has 0 bridgehead atoms.